The summed E-state index contributed by atoms with van der Waals surface area (Å²) in [5.41, 5.74) is 1.73. The Morgan fingerprint density at radius 3 is 2.43 bits per heavy atom. The zero-order valence-electron chi connectivity index (χ0n) is 22.5. The highest BCUT2D eigenvalue weighted by molar-refractivity contribution is 7.06. The summed E-state index contributed by atoms with van der Waals surface area (Å²) >= 11 is 1.19. The fourth-order valence-corrected chi connectivity index (χ4v) is 6.46. The van der Waals surface area contributed by atoms with E-state index in [1.54, 1.807) is 18.5 Å². The molecule has 0 saturated heterocycles. The molecule has 9 nitrogen and oxygen atoms in total. The van der Waals surface area contributed by atoms with E-state index in [-0.39, 0.29) is 49.1 Å². The summed E-state index contributed by atoms with van der Waals surface area (Å²) in [5.74, 6) is -3.80. The minimum Gasteiger partial charge on any atom is -0.349 e. The molecule has 2 amide bonds. The number of fused-ring (bicyclic) bond motifs is 1. The maximum absolute atomic E-state index is 14.0. The molecule has 15 heteroatoms. The molecule has 0 aromatic carbocycles. The molecular formula is C27H30F5N7O2S. The number of halogens is 5. The van der Waals surface area contributed by atoms with Crippen LogP contribution < -0.4 is 10.6 Å². The number of alkyl halides is 5. The molecule has 3 aliphatic carbocycles. The molecule has 0 aliphatic heterocycles. The van der Waals surface area contributed by atoms with Crippen molar-refractivity contribution in [3.05, 3.63) is 40.3 Å². The molecule has 0 bridgehead atoms. The molecule has 0 spiro atoms. The van der Waals surface area contributed by atoms with Crippen molar-refractivity contribution in [1.82, 2.24) is 34.8 Å². The van der Waals surface area contributed by atoms with Crippen LogP contribution in [0, 0.1) is 11.8 Å². The number of carbonyl (C=O) groups is 2. The highest BCUT2D eigenvalue weighted by Gasteiger charge is 2.41. The number of hydrogen-bond donors (Lipinski definition) is 2. The van der Waals surface area contributed by atoms with Crippen LogP contribution in [0.25, 0.3) is 5.65 Å². The number of carbonyl (C=O) groups excluding carboxylic acids is 2. The molecule has 3 aliphatic rings. The first kappa shape index (κ1) is 28.9. The summed E-state index contributed by atoms with van der Waals surface area (Å²) in [7, 11) is 0. The van der Waals surface area contributed by atoms with Gasteiger partial charge in [0.1, 0.15) is 0 Å². The predicted molar refractivity (Wildman–Crippen MR) is 141 cm³/mol. The summed E-state index contributed by atoms with van der Waals surface area (Å²) < 4.78 is 71.3. The third-order valence-electron chi connectivity index (χ3n) is 8.28. The smallest absolute Gasteiger partial charge is 0.349 e. The van der Waals surface area contributed by atoms with Crippen LogP contribution in [0.15, 0.2) is 18.5 Å². The van der Waals surface area contributed by atoms with Gasteiger partial charge in [-0.25, -0.2) is 18.3 Å². The first-order valence-electron chi connectivity index (χ1n) is 14.2. The summed E-state index contributed by atoms with van der Waals surface area (Å²) in [6, 6.07) is 0.541. The Kier molecular flexibility index (Phi) is 7.64. The second kappa shape index (κ2) is 11.1. The molecular weight excluding hydrogens is 581 g/mol. The Hall–Kier alpha value is -3.23. The lowest BCUT2D eigenvalue weighted by Crippen LogP contribution is -2.37. The van der Waals surface area contributed by atoms with E-state index < -0.39 is 48.8 Å². The van der Waals surface area contributed by atoms with Crippen molar-refractivity contribution in [3.63, 3.8) is 0 Å². The summed E-state index contributed by atoms with van der Waals surface area (Å²) in [4.78, 5) is 31.2. The van der Waals surface area contributed by atoms with Crippen LogP contribution in [-0.4, -0.2) is 48.1 Å². The van der Waals surface area contributed by atoms with Crippen molar-refractivity contribution in [2.75, 3.05) is 0 Å². The summed E-state index contributed by atoms with van der Waals surface area (Å²) in [6.07, 6.45) is 0.312. The second-order valence-corrected chi connectivity index (χ2v) is 12.4. The van der Waals surface area contributed by atoms with Crippen molar-refractivity contribution < 1.29 is 31.5 Å². The van der Waals surface area contributed by atoms with Gasteiger partial charge in [0.2, 0.25) is 11.8 Å². The van der Waals surface area contributed by atoms with Crippen molar-refractivity contribution >= 4 is 29.0 Å². The Bertz CT molecular complexity index is 1460. The van der Waals surface area contributed by atoms with Gasteiger partial charge in [0.25, 0.3) is 5.91 Å². The molecule has 2 N–H and O–H groups in total. The zero-order chi connectivity index (χ0) is 29.6. The van der Waals surface area contributed by atoms with Crippen LogP contribution in [0.1, 0.15) is 109 Å². The standard InChI is InChI=1S/C27H30F5N7O2S/c28-26(29)8-5-15(6-9-26)22(36-25(41)23-24(16-3-4-16)42-38-37-23)18-13-39-19(34-18)11-17(12-33-39)21(14-1-2-14)35-20(40)7-10-27(30,31)32/h11-16,21-22H,1-10H2,(H,35,40)(H,36,41)/t21-,22+/m1/s1. The second-order valence-electron chi connectivity index (χ2n) is 11.7. The monoisotopic (exact) mass is 611 g/mol. The normalized spacial score (nSPS) is 20.8. The van der Waals surface area contributed by atoms with Crippen molar-refractivity contribution in [1.29, 1.82) is 0 Å². The van der Waals surface area contributed by atoms with Crippen LogP contribution in [0.5, 0.6) is 0 Å². The minimum atomic E-state index is -4.42. The molecule has 42 heavy (non-hydrogen) atoms. The molecule has 3 fully saturated rings. The van der Waals surface area contributed by atoms with E-state index in [4.69, 9.17) is 4.98 Å². The van der Waals surface area contributed by atoms with Crippen LogP contribution in [0.3, 0.4) is 0 Å². The van der Waals surface area contributed by atoms with Crippen LogP contribution in [0.4, 0.5) is 22.0 Å². The number of amides is 2. The molecule has 226 valence electrons. The van der Waals surface area contributed by atoms with Gasteiger partial charge in [-0.15, -0.1) is 5.10 Å². The lowest BCUT2D eigenvalue weighted by Gasteiger charge is -2.33. The van der Waals surface area contributed by atoms with Gasteiger partial charge in [-0.3, -0.25) is 9.59 Å². The van der Waals surface area contributed by atoms with E-state index in [1.165, 1.54) is 16.0 Å². The number of nitrogens with one attached hydrogen (secondary N) is 2. The molecule has 6 rings (SSSR count). The first-order valence-corrected chi connectivity index (χ1v) is 15.0. The molecule has 2 atom stereocenters. The number of nitrogens with zero attached hydrogens (tertiary/aromatic N) is 5. The lowest BCUT2D eigenvalue weighted by atomic mass is 9.81. The number of imidazole rings is 1. The molecule has 3 aromatic heterocycles. The van der Waals surface area contributed by atoms with Gasteiger partial charge in [0, 0.05) is 19.3 Å². The Labute approximate surface area is 241 Å². The zero-order valence-corrected chi connectivity index (χ0v) is 23.4. The third kappa shape index (κ3) is 6.70. The quantitative estimate of drug-likeness (QED) is 0.286. The van der Waals surface area contributed by atoms with Gasteiger partial charge in [0.05, 0.1) is 41.5 Å². The fraction of sp³-hybridized carbons (Fsp3) is 0.630. The van der Waals surface area contributed by atoms with Crippen LogP contribution in [0.2, 0.25) is 0 Å². The van der Waals surface area contributed by atoms with Gasteiger partial charge >= 0.3 is 6.18 Å². The SMILES string of the molecule is O=C(CCC(F)(F)F)N[C@@H](c1cnn2cc([C@@H](NC(=O)c3nnsc3C3CC3)C3CCC(F)(F)CC3)nc2c1)C1CC1. The molecule has 3 aromatic rings. The molecule has 0 radical (unpaired) electrons. The Morgan fingerprint density at radius 2 is 1.76 bits per heavy atom. The highest BCUT2D eigenvalue weighted by atomic mass is 32.1. The molecule has 3 saturated carbocycles. The average molecular weight is 612 g/mol. The van der Waals surface area contributed by atoms with E-state index in [9.17, 15) is 31.5 Å². The maximum Gasteiger partial charge on any atom is 0.389 e. The predicted octanol–water partition coefficient (Wildman–Crippen LogP) is 5.66. The van der Waals surface area contributed by atoms with E-state index in [1.807, 2.05) is 0 Å². The van der Waals surface area contributed by atoms with Crippen molar-refractivity contribution in [2.24, 2.45) is 11.8 Å². The van der Waals surface area contributed by atoms with E-state index in [0.29, 0.717) is 16.9 Å². The average Bonchev–Trinajstić information content (AvgIpc) is 3.87. The minimum absolute atomic E-state index is 0.0850. The number of aromatic nitrogens is 5. The number of rotatable bonds is 10. The van der Waals surface area contributed by atoms with Crippen LogP contribution >= 0.6 is 11.5 Å². The largest absolute Gasteiger partial charge is 0.389 e. The van der Waals surface area contributed by atoms with Gasteiger partial charge < -0.3 is 10.6 Å². The Balaban J connectivity index is 1.25. The van der Waals surface area contributed by atoms with E-state index >= 15 is 0 Å². The van der Waals surface area contributed by atoms with Gasteiger partial charge in [0.15, 0.2) is 11.3 Å². The maximum atomic E-state index is 14.0. The number of hydrogen-bond acceptors (Lipinski definition) is 7. The first-order chi connectivity index (χ1) is 20.0. The van der Waals surface area contributed by atoms with Crippen LogP contribution in [-0.2, 0) is 4.79 Å². The highest BCUT2D eigenvalue weighted by Crippen LogP contribution is 2.45. The third-order valence-corrected chi connectivity index (χ3v) is 9.17. The topological polar surface area (TPSA) is 114 Å². The molecule has 0 unspecified atom stereocenters. The van der Waals surface area contributed by atoms with E-state index in [0.717, 1.165) is 30.6 Å². The van der Waals surface area contributed by atoms with Crippen molar-refractivity contribution in [3.8, 4) is 0 Å². The summed E-state index contributed by atoms with van der Waals surface area (Å²) in [5, 5.41) is 14.2. The van der Waals surface area contributed by atoms with Crippen molar-refractivity contribution in [2.45, 2.75) is 94.3 Å². The summed E-state index contributed by atoms with van der Waals surface area (Å²) in [6.45, 7) is 0. The van der Waals surface area contributed by atoms with E-state index in [2.05, 4.69) is 25.3 Å². The Morgan fingerprint density at radius 1 is 1.05 bits per heavy atom. The molecule has 3 heterocycles. The van der Waals surface area contributed by atoms with Gasteiger partial charge in [-0.2, -0.15) is 18.3 Å². The van der Waals surface area contributed by atoms with Gasteiger partial charge in [-0.1, -0.05) is 4.49 Å². The lowest BCUT2D eigenvalue weighted by molar-refractivity contribution is -0.144. The fourth-order valence-electron chi connectivity index (χ4n) is 5.64. The van der Waals surface area contributed by atoms with Gasteiger partial charge in [-0.05, 0) is 79.4 Å².